The lowest BCUT2D eigenvalue weighted by Gasteiger charge is -2.22. The highest BCUT2D eigenvalue weighted by molar-refractivity contribution is 7.89. The number of hydrogen-bond acceptors (Lipinski definition) is 6. The second-order valence-corrected chi connectivity index (χ2v) is 7.55. The summed E-state index contributed by atoms with van der Waals surface area (Å²) in [4.78, 5) is 0.170. The van der Waals surface area contributed by atoms with Crippen LogP contribution in [-0.4, -0.2) is 38.6 Å². The molecule has 1 aliphatic rings. The maximum absolute atomic E-state index is 13.1. The molecule has 130 valence electrons. The Morgan fingerprint density at radius 2 is 1.96 bits per heavy atom. The Bertz CT molecular complexity index is 831. The van der Waals surface area contributed by atoms with E-state index in [-0.39, 0.29) is 10.9 Å². The van der Waals surface area contributed by atoms with Gasteiger partial charge in [0.15, 0.2) is 17.3 Å². The molecule has 0 radical (unpaired) electrons. The molecule has 0 aliphatic carbocycles. The molecule has 1 aromatic heterocycles. The Kier molecular flexibility index (Phi) is 4.51. The van der Waals surface area contributed by atoms with E-state index in [2.05, 4.69) is 5.16 Å². The third-order valence-electron chi connectivity index (χ3n) is 4.14. The van der Waals surface area contributed by atoms with Gasteiger partial charge in [-0.3, -0.25) is 0 Å². The molecule has 1 aromatic carbocycles. The van der Waals surface area contributed by atoms with Crippen LogP contribution in [0.4, 0.5) is 0 Å². The number of aryl methyl sites for hydroxylation is 1. The molecule has 1 aliphatic heterocycles. The largest absolute Gasteiger partial charge is 0.493 e. The number of hydrogen-bond donors (Lipinski definition) is 0. The van der Waals surface area contributed by atoms with E-state index in [9.17, 15) is 8.42 Å². The summed E-state index contributed by atoms with van der Waals surface area (Å²) in [5.41, 5.74) is 0.736. The van der Waals surface area contributed by atoms with Crippen LogP contribution in [0.5, 0.6) is 11.5 Å². The van der Waals surface area contributed by atoms with Crippen molar-refractivity contribution in [1.82, 2.24) is 9.46 Å². The van der Waals surface area contributed by atoms with Gasteiger partial charge in [-0.2, -0.15) is 4.31 Å². The van der Waals surface area contributed by atoms with Crippen molar-refractivity contribution in [1.29, 1.82) is 0 Å². The molecular formula is C16H20N2O5S. The van der Waals surface area contributed by atoms with Gasteiger partial charge < -0.3 is 14.0 Å². The summed E-state index contributed by atoms with van der Waals surface area (Å²) in [6.07, 6.45) is 1.48. The fraction of sp³-hybridized carbons (Fsp3) is 0.438. The third-order valence-corrected chi connectivity index (χ3v) is 6.04. The van der Waals surface area contributed by atoms with E-state index in [0.29, 0.717) is 30.2 Å². The molecule has 2 heterocycles. The molecule has 1 saturated heterocycles. The van der Waals surface area contributed by atoms with Crippen molar-refractivity contribution in [2.45, 2.75) is 30.7 Å². The molecule has 7 nitrogen and oxygen atoms in total. The lowest BCUT2D eigenvalue weighted by Crippen LogP contribution is -2.30. The number of aromatic nitrogens is 1. The maximum Gasteiger partial charge on any atom is 0.243 e. The van der Waals surface area contributed by atoms with Gasteiger partial charge in [0.2, 0.25) is 10.0 Å². The highest BCUT2D eigenvalue weighted by Gasteiger charge is 2.38. The van der Waals surface area contributed by atoms with E-state index < -0.39 is 10.0 Å². The van der Waals surface area contributed by atoms with E-state index in [0.717, 1.165) is 12.1 Å². The molecule has 2 aromatic rings. The van der Waals surface area contributed by atoms with Crippen molar-refractivity contribution in [2.75, 3.05) is 20.8 Å². The van der Waals surface area contributed by atoms with E-state index in [1.807, 2.05) is 6.92 Å². The van der Waals surface area contributed by atoms with Crippen LogP contribution in [0.1, 0.15) is 30.3 Å². The van der Waals surface area contributed by atoms with E-state index in [1.165, 1.54) is 30.7 Å². The highest BCUT2D eigenvalue weighted by atomic mass is 32.2. The number of sulfonamides is 1. The van der Waals surface area contributed by atoms with Crippen LogP contribution in [0, 0.1) is 6.92 Å². The fourth-order valence-corrected chi connectivity index (χ4v) is 4.65. The van der Waals surface area contributed by atoms with Crippen LogP contribution in [0.2, 0.25) is 0 Å². The minimum absolute atomic E-state index is 0.170. The summed E-state index contributed by atoms with van der Waals surface area (Å²) in [6.45, 7) is 2.26. The predicted molar refractivity (Wildman–Crippen MR) is 86.7 cm³/mol. The lowest BCUT2D eigenvalue weighted by molar-refractivity contribution is 0.297. The molecule has 24 heavy (non-hydrogen) atoms. The fourth-order valence-electron chi connectivity index (χ4n) is 2.96. The van der Waals surface area contributed by atoms with Crippen LogP contribution < -0.4 is 9.47 Å². The molecule has 1 unspecified atom stereocenters. The van der Waals surface area contributed by atoms with Crippen molar-refractivity contribution in [3.8, 4) is 11.5 Å². The van der Waals surface area contributed by atoms with Crippen molar-refractivity contribution < 1.29 is 22.4 Å². The Morgan fingerprint density at radius 1 is 1.21 bits per heavy atom. The smallest absolute Gasteiger partial charge is 0.243 e. The zero-order chi connectivity index (χ0) is 17.3. The summed E-state index contributed by atoms with van der Waals surface area (Å²) in [7, 11) is -0.689. The number of benzene rings is 1. The van der Waals surface area contributed by atoms with Gasteiger partial charge >= 0.3 is 0 Å². The van der Waals surface area contributed by atoms with E-state index in [1.54, 1.807) is 12.1 Å². The maximum atomic E-state index is 13.1. The second-order valence-electron chi connectivity index (χ2n) is 5.66. The van der Waals surface area contributed by atoms with Crippen LogP contribution >= 0.6 is 0 Å². The Labute approximate surface area is 141 Å². The summed E-state index contributed by atoms with van der Waals surface area (Å²) in [6, 6.07) is 6.05. The monoisotopic (exact) mass is 352 g/mol. The number of rotatable bonds is 5. The first-order valence-electron chi connectivity index (χ1n) is 7.64. The molecular weight excluding hydrogens is 332 g/mol. The van der Waals surface area contributed by atoms with Gasteiger partial charge in [-0.25, -0.2) is 8.42 Å². The lowest BCUT2D eigenvalue weighted by atomic mass is 10.2. The first kappa shape index (κ1) is 16.8. The standard InChI is InChI=1S/C16H20N2O5S/c1-11-9-15(23-17-11)13-5-4-8-18(13)24(19,20)12-6-7-14(21-2)16(10-12)22-3/h6-7,9-10,13H,4-5,8H2,1-3H3. The van der Waals surface area contributed by atoms with Gasteiger partial charge in [0.25, 0.3) is 0 Å². The van der Waals surface area contributed by atoms with Gasteiger partial charge in [-0.15, -0.1) is 0 Å². The van der Waals surface area contributed by atoms with Crippen LogP contribution in [0.15, 0.2) is 33.7 Å². The quantitative estimate of drug-likeness (QED) is 0.822. The number of ether oxygens (including phenoxy) is 2. The Balaban J connectivity index is 1.97. The minimum atomic E-state index is -3.67. The molecule has 0 spiro atoms. The third kappa shape index (κ3) is 2.87. The van der Waals surface area contributed by atoms with Crippen LogP contribution in [0.3, 0.4) is 0 Å². The van der Waals surface area contributed by atoms with Gasteiger partial charge in [-0.05, 0) is 31.9 Å². The summed E-state index contributed by atoms with van der Waals surface area (Å²) in [5, 5.41) is 3.87. The number of methoxy groups -OCH3 is 2. The molecule has 0 saturated carbocycles. The SMILES string of the molecule is COc1ccc(S(=O)(=O)N2CCCC2c2cc(C)no2)cc1OC. The van der Waals surface area contributed by atoms with Crippen molar-refractivity contribution in [2.24, 2.45) is 0 Å². The molecule has 0 amide bonds. The van der Waals surface area contributed by atoms with Gasteiger partial charge in [0, 0.05) is 18.7 Å². The van der Waals surface area contributed by atoms with Gasteiger partial charge in [0.1, 0.15) is 0 Å². The average Bonchev–Trinajstić information content (AvgIpc) is 3.22. The molecule has 8 heteroatoms. The number of nitrogens with zero attached hydrogens (tertiary/aromatic N) is 2. The molecule has 0 N–H and O–H groups in total. The Hall–Kier alpha value is -2.06. The van der Waals surface area contributed by atoms with Gasteiger partial charge in [-0.1, -0.05) is 5.16 Å². The first-order valence-corrected chi connectivity index (χ1v) is 9.08. The zero-order valence-electron chi connectivity index (χ0n) is 13.9. The van der Waals surface area contributed by atoms with Crippen molar-refractivity contribution in [3.05, 3.63) is 35.7 Å². The molecule has 1 fully saturated rings. The zero-order valence-corrected chi connectivity index (χ0v) is 14.7. The summed E-state index contributed by atoms with van der Waals surface area (Å²) < 4.78 is 43.3. The summed E-state index contributed by atoms with van der Waals surface area (Å²) in [5.74, 6) is 1.44. The predicted octanol–water partition coefficient (Wildman–Crippen LogP) is 2.53. The average molecular weight is 352 g/mol. The van der Waals surface area contributed by atoms with E-state index in [4.69, 9.17) is 14.0 Å². The topological polar surface area (TPSA) is 81.9 Å². The van der Waals surface area contributed by atoms with Crippen molar-refractivity contribution >= 4 is 10.0 Å². The first-order chi connectivity index (χ1) is 11.5. The van der Waals surface area contributed by atoms with E-state index >= 15 is 0 Å². The summed E-state index contributed by atoms with van der Waals surface area (Å²) >= 11 is 0. The normalized spacial score (nSPS) is 18.7. The van der Waals surface area contributed by atoms with Crippen LogP contribution in [0.25, 0.3) is 0 Å². The highest BCUT2D eigenvalue weighted by Crippen LogP contribution is 2.38. The minimum Gasteiger partial charge on any atom is -0.493 e. The second kappa shape index (κ2) is 6.45. The van der Waals surface area contributed by atoms with Crippen LogP contribution in [-0.2, 0) is 10.0 Å². The molecule has 0 bridgehead atoms. The van der Waals surface area contributed by atoms with Crippen molar-refractivity contribution in [3.63, 3.8) is 0 Å². The molecule has 3 rings (SSSR count). The Morgan fingerprint density at radius 3 is 2.58 bits per heavy atom. The molecule has 1 atom stereocenters. The van der Waals surface area contributed by atoms with Gasteiger partial charge in [0.05, 0.1) is 30.9 Å².